The third kappa shape index (κ3) is 2.49. The van der Waals surface area contributed by atoms with Crippen LogP contribution in [0.5, 0.6) is 0 Å². The first-order chi connectivity index (χ1) is 8.85. The van der Waals surface area contributed by atoms with Gasteiger partial charge in [0.1, 0.15) is 5.56 Å². The Labute approximate surface area is 115 Å². The van der Waals surface area contributed by atoms with Gasteiger partial charge in [-0.15, -0.1) is 0 Å². The summed E-state index contributed by atoms with van der Waals surface area (Å²) in [7, 11) is -3.87. The van der Waals surface area contributed by atoms with Gasteiger partial charge in [0.2, 0.25) is 5.03 Å². The van der Waals surface area contributed by atoms with E-state index in [1.807, 2.05) is 6.92 Å². The van der Waals surface area contributed by atoms with Crippen molar-refractivity contribution in [2.45, 2.75) is 24.9 Å². The number of sulfonamides is 1. The maximum Gasteiger partial charge on any atom is 0.340 e. The minimum absolute atomic E-state index is 0.164. The van der Waals surface area contributed by atoms with Gasteiger partial charge in [0.25, 0.3) is 10.0 Å². The van der Waals surface area contributed by atoms with Crippen molar-refractivity contribution in [1.82, 2.24) is 14.5 Å². The Hall–Kier alpha value is -1.06. The van der Waals surface area contributed by atoms with Crippen LogP contribution in [0.3, 0.4) is 0 Å². The van der Waals surface area contributed by atoms with Crippen LogP contribution in [0.25, 0.3) is 0 Å². The standard InChI is InChI=1S/C10H15N3O4S2/c1-6-5-18-4-3-13(6)19(16,17)9-8(10(14)15)7(2)11-12-9/h6H,3-5H2,1-2H3,(H,11,12)(H,14,15). The zero-order chi connectivity index (χ0) is 14.2. The van der Waals surface area contributed by atoms with Gasteiger partial charge in [-0.2, -0.15) is 21.2 Å². The zero-order valence-corrected chi connectivity index (χ0v) is 12.2. The van der Waals surface area contributed by atoms with Gasteiger partial charge in [-0.3, -0.25) is 5.10 Å². The van der Waals surface area contributed by atoms with Gasteiger partial charge >= 0.3 is 5.97 Å². The van der Waals surface area contributed by atoms with Gasteiger partial charge in [-0.25, -0.2) is 13.2 Å². The van der Waals surface area contributed by atoms with Crippen molar-refractivity contribution in [3.05, 3.63) is 11.3 Å². The lowest BCUT2D eigenvalue weighted by Gasteiger charge is -2.31. The van der Waals surface area contributed by atoms with E-state index in [2.05, 4.69) is 10.2 Å². The lowest BCUT2D eigenvalue weighted by atomic mass is 10.3. The van der Waals surface area contributed by atoms with Crippen LogP contribution >= 0.6 is 11.8 Å². The summed E-state index contributed by atoms with van der Waals surface area (Å²) in [4.78, 5) is 11.2. The highest BCUT2D eigenvalue weighted by Gasteiger charge is 2.36. The van der Waals surface area contributed by atoms with Gasteiger partial charge in [0.05, 0.1) is 0 Å². The minimum atomic E-state index is -3.87. The highest BCUT2D eigenvalue weighted by atomic mass is 32.2. The number of aromatic nitrogens is 2. The predicted octanol–water partition coefficient (Wildman–Crippen LogP) is 0.542. The van der Waals surface area contributed by atoms with Crippen LogP contribution in [-0.4, -0.2) is 58.1 Å². The molecule has 1 aliphatic rings. The molecule has 1 saturated heterocycles. The van der Waals surface area contributed by atoms with Crippen LogP contribution in [0, 0.1) is 6.92 Å². The molecular weight excluding hydrogens is 290 g/mol. The zero-order valence-electron chi connectivity index (χ0n) is 10.6. The molecule has 7 nitrogen and oxygen atoms in total. The molecule has 9 heteroatoms. The molecule has 0 aromatic carbocycles. The third-order valence-corrected chi connectivity index (χ3v) is 6.12. The van der Waals surface area contributed by atoms with Gasteiger partial charge in [-0.05, 0) is 13.8 Å². The SMILES string of the molecule is Cc1[nH]nc(S(=O)(=O)N2CCSCC2C)c1C(=O)O. The highest BCUT2D eigenvalue weighted by Crippen LogP contribution is 2.26. The van der Waals surface area contributed by atoms with E-state index in [1.165, 1.54) is 11.2 Å². The van der Waals surface area contributed by atoms with E-state index in [0.29, 0.717) is 18.1 Å². The quantitative estimate of drug-likeness (QED) is 0.845. The summed E-state index contributed by atoms with van der Waals surface area (Å²) in [5, 5.41) is 14.8. The molecule has 106 valence electrons. The number of carbonyl (C=O) groups is 1. The Morgan fingerprint density at radius 1 is 1.58 bits per heavy atom. The number of H-pyrrole nitrogens is 1. The minimum Gasteiger partial charge on any atom is -0.478 e. The van der Waals surface area contributed by atoms with Crippen molar-refractivity contribution in [3.63, 3.8) is 0 Å². The maximum absolute atomic E-state index is 12.5. The largest absolute Gasteiger partial charge is 0.478 e. The van der Waals surface area contributed by atoms with Crippen LogP contribution in [0.2, 0.25) is 0 Å². The summed E-state index contributed by atoms with van der Waals surface area (Å²) >= 11 is 1.68. The van der Waals surface area contributed by atoms with Gasteiger partial charge in [-0.1, -0.05) is 0 Å². The summed E-state index contributed by atoms with van der Waals surface area (Å²) < 4.78 is 26.3. The first-order valence-electron chi connectivity index (χ1n) is 5.73. The molecule has 2 N–H and O–H groups in total. The first kappa shape index (κ1) is 14.4. The lowest BCUT2D eigenvalue weighted by Crippen LogP contribution is -2.44. The van der Waals surface area contributed by atoms with Gasteiger partial charge in [0, 0.05) is 29.8 Å². The molecule has 1 fully saturated rings. The number of hydrogen-bond donors (Lipinski definition) is 2. The van der Waals surface area contributed by atoms with E-state index >= 15 is 0 Å². The number of aryl methyl sites for hydroxylation is 1. The summed E-state index contributed by atoms with van der Waals surface area (Å²) in [5.74, 6) is 0.115. The number of aromatic amines is 1. The monoisotopic (exact) mass is 305 g/mol. The van der Waals surface area contributed by atoms with Crippen LogP contribution in [0.4, 0.5) is 0 Å². The number of carboxylic acid groups (broad SMARTS) is 1. The fourth-order valence-electron chi connectivity index (χ4n) is 2.03. The summed E-state index contributed by atoms with van der Waals surface area (Å²) in [6, 6.07) is -0.164. The van der Waals surface area contributed by atoms with E-state index in [4.69, 9.17) is 5.11 Å². The number of thioether (sulfide) groups is 1. The second-order valence-corrected chi connectivity index (χ2v) is 7.33. The fraction of sp³-hybridized carbons (Fsp3) is 0.600. The van der Waals surface area contributed by atoms with Crippen LogP contribution in [0.15, 0.2) is 5.03 Å². The summed E-state index contributed by atoms with van der Waals surface area (Å²) in [5.41, 5.74) is -0.0319. The average Bonchev–Trinajstić information content (AvgIpc) is 2.72. The number of aromatic carboxylic acids is 1. The van der Waals surface area contributed by atoms with E-state index in [0.717, 1.165) is 0 Å². The van der Waals surface area contributed by atoms with Crippen LogP contribution < -0.4 is 0 Å². The smallest absolute Gasteiger partial charge is 0.340 e. The average molecular weight is 305 g/mol. The number of carboxylic acids is 1. The molecule has 0 radical (unpaired) electrons. The molecular formula is C10H15N3O4S2. The second kappa shape index (κ2) is 5.14. The van der Waals surface area contributed by atoms with Crippen molar-refractivity contribution < 1.29 is 18.3 Å². The summed E-state index contributed by atoms with van der Waals surface area (Å²) in [6.07, 6.45) is 0. The molecule has 1 atom stereocenters. The molecule has 2 rings (SSSR count). The van der Waals surface area contributed by atoms with E-state index in [-0.39, 0.29) is 17.3 Å². The Balaban J connectivity index is 2.48. The molecule has 0 bridgehead atoms. The second-order valence-electron chi connectivity index (χ2n) is 4.37. The summed E-state index contributed by atoms with van der Waals surface area (Å²) in [6.45, 7) is 3.67. The lowest BCUT2D eigenvalue weighted by molar-refractivity contribution is 0.0691. The van der Waals surface area contributed by atoms with Crippen molar-refractivity contribution in [1.29, 1.82) is 0 Å². The normalized spacial score (nSPS) is 21.5. The molecule has 1 aromatic rings. The molecule has 0 aliphatic carbocycles. The number of nitrogens with one attached hydrogen (secondary N) is 1. The Bertz CT molecular complexity index is 596. The first-order valence-corrected chi connectivity index (χ1v) is 8.33. The molecule has 0 spiro atoms. The van der Waals surface area contributed by atoms with Gasteiger partial charge < -0.3 is 5.11 Å². The Kier molecular flexibility index (Phi) is 3.88. The van der Waals surface area contributed by atoms with Crippen molar-refractivity contribution in [2.75, 3.05) is 18.1 Å². The molecule has 2 heterocycles. The highest BCUT2D eigenvalue weighted by molar-refractivity contribution is 7.99. The predicted molar refractivity (Wildman–Crippen MR) is 71.0 cm³/mol. The Morgan fingerprint density at radius 3 is 2.84 bits per heavy atom. The van der Waals surface area contributed by atoms with E-state index in [1.54, 1.807) is 11.8 Å². The van der Waals surface area contributed by atoms with Crippen LogP contribution in [-0.2, 0) is 10.0 Å². The van der Waals surface area contributed by atoms with Crippen LogP contribution in [0.1, 0.15) is 23.0 Å². The molecule has 1 aromatic heterocycles. The van der Waals surface area contributed by atoms with Gasteiger partial charge in [0.15, 0.2) is 0 Å². The molecule has 1 unspecified atom stereocenters. The van der Waals surface area contributed by atoms with Crippen molar-refractivity contribution in [2.24, 2.45) is 0 Å². The van der Waals surface area contributed by atoms with Crippen molar-refractivity contribution >= 4 is 27.8 Å². The molecule has 0 amide bonds. The number of rotatable bonds is 3. The third-order valence-electron chi connectivity index (χ3n) is 2.99. The molecule has 0 saturated carbocycles. The number of nitrogens with zero attached hydrogens (tertiary/aromatic N) is 2. The maximum atomic E-state index is 12.5. The topological polar surface area (TPSA) is 103 Å². The molecule has 19 heavy (non-hydrogen) atoms. The Morgan fingerprint density at radius 2 is 2.26 bits per heavy atom. The fourth-order valence-corrected chi connectivity index (χ4v) is 5.01. The van der Waals surface area contributed by atoms with E-state index < -0.39 is 21.0 Å². The number of hydrogen-bond acceptors (Lipinski definition) is 5. The van der Waals surface area contributed by atoms with E-state index in [9.17, 15) is 13.2 Å². The molecule has 1 aliphatic heterocycles. The van der Waals surface area contributed by atoms with Crippen molar-refractivity contribution in [3.8, 4) is 0 Å².